The molecule has 1 atom stereocenters. The van der Waals surface area contributed by atoms with Crippen LogP contribution in [-0.2, 0) is 16.4 Å². The third-order valence-electron chi connectivity index (χ3n) is 4.16. The van der Waals surface area contributed by atoms with E-state index in [0.29, 0.717) is 16.4 Å². The summed E-state index contributed by atoms with van der Waals surface area (Å²) in [5.41, 5.74) is 1.50. The minimum Gasteiger partial charge on any atom is -0.309 e. The average Bonchev–Trinajstić information content (AvgIpc) is 2.65. The van der Waals surface area contributed by atoms with Gasteiger partial charge in [-0.15, -0.1) is 0 Å². The molecule has 1 aliphatic carbocycles. The van der Waals surface area contributed by atoms with Gasteiger partial charge in [0.15, 0.2) is 9.84 Å². The predicted octanol–water partition coefficient (Wildman–Crippen LogP) is 2.76. The fourth-order valence-corrected chi connectivity index (χ4v) is 3.43. The van der Waals surface area contributed by atoms with Gasteiger partial charge in [-0.3, -0.25) is 0 Å². The van der Waals surface area contributed by atoms with Crippen molar-refractivity contribution in [2.75, 3.05) is 6.26 Å². The molecule has 1 aliphatic rings. The van der Waals surface area contributed by atoms with Crippen molar-refractivity contribution in [3.63, 3.8) is 0 Å². The topological polar surface area (TPSA) is 46.2 Å². The van der Waals surface area contributed by atoms with E-state index in [9.17, 15) is 8.42 Å². The van der Waals surface area contributed by atoms with E-state index >= 15 is 0 Å². The summed E-state index contributed by atoms with van der Waals surface area (Å²) in [4.78, 5) is 0.387. The molecule has 0 saturated heterocycles. The van der Waals surface area contributed by atoms with Gasteiger partial charge in [0.05, 0.1) is 4.90 Å². The quantitative estimate of drug-likeness (QED) is 0.923. The zero-order chi connectivity index (χ0) is 14.1. The molecule has 3 nitrogen and oxygen atoms in total. The van der Waals surface area contributed by atoms with Gasteiger partial charge in [0.25, 0.3) is 0 Å². The second-order valence-electron chi connectivity index (χ2n) is 6.23. The predicted molar refractivity (Wildman–Crippen MR) is 77.8 cm³/mol. The number of hydrogen-bond donors (Lipinski definition) is 1. The van der Waals surface area contributed by atoms with Gasteiger partial charge in [-0.05, 0) is 36.0 Å². The van der Waals surface area contributed by atoms with Crippen molar-refractivity contribution >= 4 is 9.84 Å². The highest BCUT2D eigenvalue weighted by molar-refractivity contribution is 7.90. The molecule has 1 fully saturated rings. The lowest BCUT2D eigenvalue weighted by molar-refractivity contribution is 0.282. The van der Waals surface area contributed by atoms with Crippen LogP contribution in [0.3, 0.4) is 0 Å². The maximum atomic E-state index is 11.4. The van der Waals surface area contributed by atoms with Gasteiger partial charge >= 0.3 is 0 Å². The van der Waals surface area contributed by atoms with E-state index in [0.717, 1.165) is 12.1 Å². The van der Waals surface area contributed by atoms with Crippen LogP contribution in [0.5, 0.6) is 0 Å². The van der Waals surface area contributed by atoms with Crippen LogP contribution in [0.1, 0.15) is 38.7 Å². The van der Waals surface area contributed by atoms with Gasteiger partial charge in [0.2, 0.25) is 0 Å². The first-order valence-corrected chi connectivity index (χ1v) is 8.70. The van der Waals surface area contributed by atoms with Gasteiger partial charge in [-0.2, -0.15) is 0 Å². The molecule has 1 aromatic carbocycles. The van der Waals surface area contributed by atoms with Crippen molar-refractivity contribution in [3.05, 3.63) is 29.8 Å². The van der Waals surface area contributed by atoms with Gasteiger partial charge in [0, 0.05) is 18.8 Å². The zero-order valence-corrected chi connectivity index (χ0v) is 12.8. The summed E-state index contributed by atoms with van der Waals surface area (Å²) in [6, 6.07) is 7.72. The highest BCUT2D eigenvalue weighted by atomic mass is 32.2. The molecule has 0 heterocycles. The molecule has 106 valence electrons. The fraction of sp³-hybridized carbons (Fsp3) is 0.600. The summed E-state index contributed by atoms with van der Waals surface area (Å²) in [6.07, 6.45) is 5.03. The van der Waals surface area contributed by atoms with E-state index in [4.69, 9.17) is 0 Å². The van der Waals surface area contributed by atoms with Crippen LogP contribution in [0.2, 0.25) is 0 Å². The Bertz CT molecular complexity index is 532. The average molecular weight is 281 g/mol. The summed E-state index contributed by atoms with van der Waals surface area (Å²) in [5, 5.41) is 3.60. The Balaban J connectivity index is 1.97. The Kier molecular flexibility index (Phi) is 4.02. The third kappa shape index (κ3) is 3.57. The number of rotatable bonds is 4. The van der Waals surface area contributed by atoms with Crippen molar-refractivity contribution in [1.29, 1.82) is 0 Å². The van der Waals surface area contributed by atoms with Crippen molar-refractivity contribution in [2.24, 2.45) is 5.41 Å². The van der Waals surface area contributed by atoms with Gasteiger partial charge < -0.3 is 5.32 Å². The largest absolute Gasteiger partial charge is 0.309 e. The molecule has 0 radical (unpaired) electrons. The van der Waals surface area contributed by atoms with Crippen molar-refractivity contribution in [2.45, 2.75) is 50.6 Å². The first-order chi connectivity index (χ1) is 8.79. The summed E-state index contributed by atoms with van der Waals surface area (Å²) in [7, 11) is -3.09. The van der Waals surface area contributed by atoms with E-state index < -0.39 is 9.84 Å². The van der Waals surface area contributed by atoms with E-state index in [1.165, 1.54) is 25.5 Å². The van der Waals surface area contributed by atoms with Gasteiger partial charge in [0.1, 0.15) is 0 Å². The monoisotopic (exact) mass is 281 g/mol. The first kappa shape index (κ1) is 14.5. The smallest absolute Gasteiger partial charge is 0.175 e. The molecule has 0 aromatic heterocycles. The fourth-order valence-electron chi connectivity index (χ4n) is 2.80. The van der Waals surface area contributed by atoms with E-state index in [1.54, 1.807) is 12.1 Å². The van der Waals surface area contributed by atoms with Crippen LogP contribution >= 0.6 is 0 Å². The van der Waals surface area contributed by atoms with Crippen LogP contribution < -0.4 is 5.32 Å². The van der Waals surface area contributed by atoms with Crippen LogP contribution in [0, 0.1) is 5.41 Å². The Morgan fingerprint density at radius 3 is 2.37 bits per heavy atom. The molecule has 1 N–H and O–H groups in total. The minimum atomic E-state index is -3.09. The molecule has 4 heteroatoms. The molecule has 0 bridgehead atoms. The zero-order valence-electron chi connectivity index (χ0n) is 11.9. The lowest BCUT2D eigenvalue weighted by Crippen LogP contribution is -2.37. The van der Waals surface area contributed by atoms with Crippen molar-refractivity contribution in [3.8, 4) is 0 Å². The lowest BCUT2D eigenvalue weighted by atomic mass is 9.87. The second kappa shape index (κ2) is 5.25. The Hall–Kier alpha value is -0.870. The van der Waals surface area contributed by atoms with Crippen LogP contribution in [-0.4, -0.2) is 20.7 Å². The first-order valence-electron chi connectivity index (χ1n) is 6.81. The molecule has 1 aromatic rings. The third-order valence-corrected chi connectivity index (χ3v) is 5.29. The van der Waals surface area contributed by atoms with Gasteiger partial charge in [-0.25, -0.2) is 8.42 Å². The molecule has 1 unspecified atom stereocenters. The second-order valence-corrected chi connectivity index (χ2v) is 8.25. The molecule has 2 rings (SSSR count). The van der Waals surface area contributed by atoms with E-state index in [-0.39, 0.29) is 0 Å². The minimum absolute atomic E-state index is 0.368. The standard InChI is InChI=1S/C15H23NO2S/c1-15(2)10-4-5-14(15)16-11-12-6-8-13(9-7-12)19(3,17)18/h6-9,14,16H,4-5,10-11H2,1-3H3. The summed E-state index contributed by atoms with van der Waals surface area (Å²) in [5.74, 6) is 0. The number of hydrogen-bond acceptors (Lipinski definition) is 3. The maximum Gasteiger partial charge on any atom is 0.175 e. The Morgan fingerprint density at radius 2 is 1.89 bits per heavy atom. The van der Waals surface area contributed by atoms with E-state index in [2.05, 4.69) is 19.2 Å². The normalized spacial score (nSPS) is 22.6. The molecular weight excluding hydrogens is 258 g/mol. The molecule has 0 aliphatic heterocycles. The van der Waals surface area contributed by atoms with Crippen molar-refractivity contribution < 1.29 is 8.42 Å². The van der Waals surface area contributed by atoms with E-state index in [1.807, 2.05) is 12.1 Å². The highest BCUT2D eigenvalue weighted by Gasteiger charge is 2.33. The van der Waals surface area contributed by atoms with Crippen molar-refractivity contribution in [1.82, 2.24) is 5.32 Å². The molecule has 1 saturated carbocycles. The SMILES string of the molecule is CC1(C)CCCC1NCc1ccc(S(C)(=O)=O)cc1. The highest BCUT2D eigenvalue weighted by Crippen LogP contribution is 2.37. The maximum absolute atomic E-state index is 11.4. The summed E-state index contributed by atoms with van der Waals surface area (Å²) < 4.78 is 22.8. The summed E-state index contributed by atoms with van der Waals surface area (Å²) >= 11 is 0. The molecular formula is C15H23NO2S. The number of nitrogens with one attached hydrogen (secondary N) is 1. The molecule has 0 spiro atoms. The van der Waals surface area contributed by atoms with Crippen LogP contribution in [0.4, 0.5) is 0 Å². The van der Waals surface area contributed by atoms with Gasteiger partial charge in [-0.1, -0.05) is 32.4 Å². The summed E-state index contributed by atoms with van der Waals surface area (Å²) in [6.45, 7) is 5.42. The number of sulfone groups is 1. The van der Waals surface area contributed by atoms with Crippen LogP contribution in [0.25, 0.3) is 0 Å². The van der Waals surface area contributed by atoms with Crippen LogP contribution in [0.15, 0.2) is 29.2 Å². The molecule has 19 heavy (non-hydrogen) atoms. The Morgan fingerprint density at radius 1 is 1.26 bits per heavy atom. The number of benzene rings is 1. The molecule has 0 amide bonds. The Labute approximate surface area is 116 Å². The lowest BCUT2D eigenvalue weighted by Gasteiger charge is -2.28.